The van der Waals surface area contributed by atoms with E-state index in [0.29, 0.717) is 0 Å². The summed E-state index contributed by atoms with van der Waals surface area (Å²) in [7, 11) is 0. The van der Waals surface area contributed by atoms with Gasteiger partial charge in [0.05, 0.1) is 0 Å². The SMILES string of the molecule is CCCc1ccc2c(c1)Nc1cccc(Cl)c1C2(C)C. The molecule has 0 aromatic heterocycles. The Labute approximate surface area is 126 Å². The minimum atomic E-state index is -0.0704. The third-order valence-electron chi connectivity index (χ3n) is 4.20. The molecule has 0 spiro atoms. The molecule has 0 unspecified atom stereocenters. The number of anilines is 2. The highest BCUT2D eigenvalue weighted by molar-refractivity contribution is 6.32. The van der Waals surface area contributed by atoms with E-state index < -0.39 is 0 Å². The van der Waals surface area contributed by atoms with E-state index in [-0.39, 0.29) is 5.41 Å². The van der Waals surface area contributed by atoms with Gasteiger partial charge in [-0.3, -0.25) is 0 Å². The Morgan fingerprint density at radius 3 is 2.65 bits per heavy atom. The molecule has 1 aliphatic heterocycles. The Hall–Kier alpha value is -1.47. The number of nitrogens with one attached hydrogen (secondary N) is 1. The van der Waals surface area contributed by atoms with Crippen molar-refractivity contribution in [1.82, 2.24) is 0 Å². The quantitative estimate of drug-likeness (QED) is 0.749. The van der Waals surface area contributed by atoms with Crippen LogP contribution in [0.25, 0.3) is 0 Å². The predicted molar refractivity (Wildman–Crippen MR) is 87.3 cm³/mol. The van der Waals surface area contributed by atoms with E-state index in [4.69, 9.17) is 11.6 Å². The number of fused-ring (bicyclic) bond motifs is 2. The van der Waals surface area contributed by atoms with Crippen LogP contribution in [-0.2, 0) is 11.8 Å². The zero-order valence-corrected chi connectivity index (χ0v) is 13.0. The number of aryl methyl sites for hydroxylation is 1. The van der Waals surface area contributed by atoms with Crippen molar-refractivity contribution in [2.45, 2.75) is 39.0 Å². The molecule has 0 saturated carbocycles. The minimum absolute atomic E-state index is 0.0704. The fourth-order valence-electron chi connectivity index (χ4n) is 3.23. The fraction of sp³-hybridized carbons (Fsp3) is 0.333. The monoisotopic (exact) mass is 285 g/mol. The van der Waals surface area contributed by atoms with Gasteiger partial charge in [-0.25, -0.2) is 0 Å². The summed E-state index contributed by atoms with van der Waals surface area (Å²) < 4.78 is 0. The number of hydrogen-bond acceptors (Lipinski definition) is 1. The van der Waals surface area contributed by atoms with Gasteiger partial charge in [-0.05, 0) is 35.7 Å². The molecule has 2 aromatic carbocycles. The molecule has 2 aromatic rings. The highest BCUT2D eigenvalue weighted by Crippen LogP contribution is 2.48. The lowest BCUT2D eigenvalue weighted by atomic mass is 9.74. The van der Waals surface area contributed by atoms with Gasteiger partial charge in [-0.1, -0.05) is 57.0 Å². The molecule has 20 heavy (non-hydrogen) atoms. The van der Waals surface area contributed by atoms with Crippen LogP contribution >= 0.6 is 11.6 Å². The first-order chi connectivity index (χ1) is 9.54. The summed E-state index contributed by atoms with van der Waals surface area (Å²) in [5.41, 5.74) is 6.17. The molecular formula is C18H20ClN. The summed E-state index contributed by atoms with van der Waals surface area (Å²) >= 11 is 6.43. The summed E-state index contributed by atoms with van der Waals surface area (Å²) in [6.45, 7) is 6.71. The van der Waals surface area contributed by atoms with E-state index >= 15 is 0 Å². The number of rotatable bonds is 2. The molecule has 0 bridgehead atoms. The van der Waals surface area contributed by atoms with Crippen LogP contribution in [0.2, 0.25) is 5.02 Å². The van der Waals surface area contributed by atoms with Gasteiger partial charge in [0, 0.05) is 27.4 Å². The molecule has 2 heteroatoms. The number of halogens is 1. The van der Waals surface area contributed by atoms with Crippen LogP contribution in [0.5, 0.6) is 0 Å². The molecule has 1 N–H and O–H groups in total. The van der Waals surface area contributed by atoms with Gasteiger partial charge in [0.2, 0.25) is 0 Å². The van der Waals surface area contributed by atoms with E-state index in [1.165, 1.54) is 28.8 Å². The number of benzene rings is 2. The first-order valence-corrected chi connectivity index (χ1v) is 7.61. The van der Waals surface area contributed by atoms with Crippen LogP contribution in [0, 0.1) is 0 Å². The molecule has 1 aliphatic rings. The second kappa shape index (κ2) is 4.82. The van der Waals surface area contributed by atoms with Crippen molar-refractivity contribution in [3.05, 3.63) is 58.1 Å². The van der Waals surface area contributed by atoms with E-state index in [1.54, 1.807) is 0 Å². The van der Waals surface area contributed by atoms with E-state index in [9.17, 15) is 0 Å². The van der Waals surface area contributed by atoms with Crippen LogP contribution in [-0.4, -0.2) is 0 Å². The van der Waals surface area contributed by atoms with Crippen molar-refractivity contribution in [2.24, 2.45) is 0 Å². The second-order valence-electron chi connectivity index (χ2n) is 6.04. The summed E-state index contributed by atoms with van der Waals surface area (Å²) in [6, 6.07) is 12.9. The van der Waals surface area contributed by atoms with Gasteiger partial charge >= 0.3 is 0 Å². The van der Waals surface area contributed by atoms with Crippen LogP contribution in [0.1, 0.15) is 43.9 Å². The summed E-state index contributed by atoms with van der Waals surface area (Å²) in [6.07, 6.45) is 2.29. The predicted octanol–water partition coefficient (Wildman–Crippen LogP) is 5.68. The Bertz CT molecular complexity index is 658. The molecule has 0 radical (unpaired) electrons. The van der Waals surface area contributed by atoms with Gasteiger partial charge in [0.1, 0.15) is 0 Å². The highest BCUT2D eigenvalue weighted by Gasteiger charge is 2.34. The van der Waals surface area contributed by atoms with Crippen molar-refractivity contribution in [3.63, 3.8) is 0 Å². The van der Waals surface area contributed by atoms with Gasteiger partial charge in [0.25, 0.3) is 0 Å². The molecule has 104 valence electrons. The Kier molecular flexibility index (Phi) is 3.25. The van der Waals surface area contributed by atoms with Gasteiger partial charge in [-0.15, -0.1) is 0 Å². The van der Waals surface area contributed by atoms with Crippen molar-refractivity contribution >= 4 is 23.0 Å². The molecule has 1 heterocycles. The lowest BCUT2D eigenvalue weighted by Gasteiger charge is -2.36. The normalized spacial score (nSPS) is 15.2. The summed E-state index contributed by atoms with van der Waals surface area (Å²) in [4.78, 5) is 0. The lowest BCUT2D eigenvalue weighted by molar-refractivity contribution is 0.638. The number of hydrogen-bond donors (Lipinski definition) is 1. The summed E-state index contributed by atoms with van der Waals surface area (Å²) in [5.74, 6) is 0. The van der Waals surface area contributed by atoms with E-state index in [0.717, 1.165) is 17.1 Å². The maximum absolute atomic E-state index is 6.43. The molecule has 0 aliphatic carbocycles. The first-order valence-electron chi connectivity index (χ1n) is 7.23. The maximum atomic E-state index is 6.43. The Balaban J connectivity index is 2.16. The highest BCUT2D eigenvalue weighted by atomic mass is 35.5. The molecule has 3 rings (SSSR count). The lowest BCUT2D eigenvalue weighted by Crippen LogP contribution is -2.26. The van der Waals surface area contributed by atoms with Crippen molar-refractivity contribution in [1.29, 1.82) is 0 Å². The second-order valence-corrected chi connectivity index (χ2v) is 6.45. The van der Waals surface area contributed by atoms with Gasteiger partial charge < -0.3 is 5.32 Å². The van der Waals surface area contributed by atoms with Crippen molar-refractivity contribution in [2.75, 3.05) is 5.32 Å². The topological polar surface area (TPSA) is 12.0 Å². The van der Waals surface area contributed by atoms with Gasteiger partial charge in [0.15, 0.2) is 0 Å². The fourth-order valence-corrected chi connectivity index (χ4v) is 3.64. The molecule has 0 amide bonds. The Morgan fingerprint density at radius 1 is 1.10 bits per heavy atom. The average molecular weight is 286 g/mol. The summed E-state index contributed by atoms with van der Waals surface area (Å²) in [5, 5.41) is 4.39. The third kappa shape index (κ3) is 2.01. The molecular weight excluding hydrogens is 266 g/mol. The van der Waals surface area contributed by atoms with Gasteiger partial charge in [-0.2, -0.15) is 0 Å². The van der Waals surface area contributed by atoms with Crippen LogP contribution < -0.4 is 5.32 Å². The maximum Gasteiger partial charge on any atom is 0.0467 e. The molecule has 1 nitrogen and oxygen atoms in total. The molecule has 0 atom stereocenters. The smallest absolute Gasteiger partial charge is 0.0467 e. The van der Waals surface area contributed by atoms with Crippen molar-refractivity contribution in [3.8, 4) is 0 Å². The zero-order chi connectivity index (χ0) is 14.3. The standard InChI is InChI=1S/C18H20ClN/c1-4-6-12-9-10-13-16(11-12)20-15-8-5-7-14(19)17(15)18(13,2)3/h5,7-11,20H,4,6H2,1-3H3. The minimum Gasteiger partial charge on any atom is -0.355 e. The van der Waals surface area contributed by atoms with Crippen molar-refractivity contribution < 1.29 is 0 Å². The van der Waals surface area contributed by atoms with Crippen LogP contribution in [0.15, 0.2) is 36.4 Å². The first kappa shape index (κ1) is 13.5. The van der Waals surface area contributed by atoms with E-state index in [1.807, 2.05) is 12.1 Å². The Morgan fingerprint density at radius 2 is 1.90 bits per heavy atom. The zero-order valence-electron chi connectivity index (χ0n) is 12.3. The van der Waals surface area contributed by atoms with E-state index in [2.05, 4.69) is 50.4 Å². The third-order valence-corrected chi connectivity index (χ3v) is 4.52. The van der Waals surface area contributed by atoms with Crippen LogP contribution in [0.3, 0.4) is 0 Å². The molecule has 0 fully saturated rings. The average Bonchev–Trinajstić information content (AvgIpc) is 2.38. The largest absolute Gasteiger partial charge is 0.355 e. The molecule has 0 saturated heterocycles. The van der Waals surface area contributed by atoms with Crippen LogP contribution in [0.4, 0.5) is 11.4 Å².